The SMILES string of the molecule is Cc1nc2ccccn2c1C(=O)N1CCC(S(C)(=O)=O)C1. The van der Waals surface area contributed by atoms with Gasteiger partial charge in [0.25, 0.3) is 5.91 Å². The first-order valence-electron chi connectivity index (χ1n) is 6.80. The minimum absolute atomic E-state index is 0.155. The van der Waals surface area contributed by atoms with Gasteiger partial charge in [0.2, 0.25) is 0 Å². The van der Waals surface area contributed by atoms with E-state index in [9.17, 15) is 13.2 Å². The van der Waals surface area contributed by atoms with Crippen molar-refractivity contribution in [3.63, 3.8) is 0 Å². The molecule has 1 fully saturated rings. The molecule has 0 aromatic carbocycles. The van der Waals surface area contributed by atoms with Crippen LogP contribution in [0.15, 0.2) is 24.4 Å². The molecule has 1 atom stereocenters. The van der Waals surface area contributed by atoms with Crippen LogP contribution in [0.25, 0.3) is 5.65 Å². The summed E-state index contributed by atoms with van der Waals surface area (Å²) in [6, 6.07) is 5.55. The summed E-state index contributed by atoms with van der Waals surface area (Å²) < 4.78 is 25.0. The standard InChI is InChI=1S/C14H17N3O3S/c1-10-13(17-7-4-3-5-12(17)15-10)14(18)16-8-6-11(9-16)21(2,19)20/h3-5,7,11H,6,8-9H2,1-2H3. The third kappa shape index (κ3) is 2.42. The monoisotopic (exact) mass is 307 g/mol. The van der Waals surface area contributed by atoms with Crippen molar-refractivity contribution in [3.8, 4) is 0 Å². The molecule has 1 unspecified atom stereocenters. The Morgan fingerprint density at radius 1 is 1.38 bits per heavy atom. The van der Waals surface area contributed by atoms with E-state index in [1.54, 1.807) is 22.4 Å². The van der Waals surface area contributed by atoms with Gasteiger partial charge >= 0.3 is 0 Å². The molecule has 2 aromatic heterocycles. The van der Waals surface area contributed by atoms with E-state index in [-0.39, 0.29) is 12.5 Å². The molecule has 112 valence electrons. The summed E-state index contributed by atoms with van der Waals surface area (Å²) in [6.45, 7) is 2.53. The lowest BCUT2D eigenvalue weighted by Gasteiger charge is -2.16. The number of carbonyl (C=O) groups excluding carboxylic acids is 1. The van der Waals surface area contributed by atoms with E-state index < -0.39 is 15.1 Å². The highest BCUT2D eigenvalue weighted by Gasteiger charge is 2.34. The Labute approximate surface area is 123 Å². The molecule has 7 heteroatoms. The smallest absolute Gasteiger partial charge is 0.272 e. The molecule has 21 heavy (non-hydrogen) atoms. The van der Waals surface area contributed by atoms with Gasteiger partial charge < -0.3 is 4.90 Å². The van der Waals surface area contributed by atoms with E-state index in [2.05, 4.69) is 4.98 Å². The summed E-state index contributed by atoms with van der Waals surface area (Å²) in [7, 11) is -3.11. The lowest BCUT2D eigenvalue weighted by atomic mass is 10.3. The molecule has 1 amide bonds. The molecule has 3 rings (SSSR count). The fourth-order valence-corrected chi connectivity index (χ4v) is 3.77. The highest BCUT2D eigenvalue weighted by Crippen LogP contribution is 2.21. The first-order chi connectivity index (χ1) is 9.88. The molecule has 3 heterocycles. The van der Waals surface area contributed by atoms with Crippen LogP contribution in [0, 0.1) is 6.92 Å². The van der Waals surface area contributed by atoms with Crippen molar-refractivity contribution < 1.29 is 13.2 Å². The predicted molar refractivity (Wildman–Crippen MR) is 79.1 cm³/mol. The van der Waals surface area contributed by atoms with Gasteiger partial charge in [-0.3, -0.25) is 9.20 Å². The maximum Gasteiger partial charge on any atom is 0.272 e. The molecule has 0 bridgehead atoms. The van der Waals surface area contributed by atoms with Gasteiger partial charge in [0.1, 0.15) is 11.3 Å². The molecule has 6 nitrogen and oxygen atoms in total. The Kier molecular flexibility index (Phi) is 3.24. The molecule has 1 aliphatic heterocycles. The number of likely N-dealkylation sites (tertiary alicyclic amines) is 1. The van der Waals surface area contributed by atoms with Crippen LogP contribution in [0.5, 0.6) is 0 Å². The molecule has 2 aromatic rings. The van der Waals surface area contributed by atoms with Gasteiger partial charge in [-0.15, -0.1) is 0 Å². The fourth-order valence-electron chi connectivity index (χ4n) is 2.78. The Morgan fingerprint density at radius 2 is 2.14 bits per heavy atom. The normalized spacial score (nSPS) is 19.3. The summed E-state index contributed by atoms with van der Waals surface area (Å²) in [6.07, 6.45) is 3.53. The predicted octanol–water partition coefficient (Wildman–Crippen LogP) is 0.902. The van der Waals surface area contributed by atoms with Gasteiger partial charge in [0.05, 0.1) is 10.9 Å². The second-order valence-corrected chi connectivity index (χ2v) is 7.79. The van der Waals surface area contributed by atoms with Crippen molar-refractivity contribution in [2.24, 2.45) is 0 Å². The zero-order valence-electron chi connectivity index (χ0n) is 12.0. The van der Waals surface area contributed by atoms with Crippen LogP contribution in [0.4, 0.5) is 0 Å². The van der Waals surface area contributed by atoms with Crippen LogP contribution < -0.4 is 0 Å². The van der Waals surface area contributed by atoms with E-state index in [1.807, 2.05) is 18.2 Å². The second kappa shape index (κ2) is 4.84. The van der Waals surface area contributed by atoms with Gasteiger partial charge in [0.15, 0.2) is 9.84 Å². The van der Waals surface area contributed by atoms with Crippen molar-refractivity contribution in [1.29, 1.82) is 0 Å². The van der Waals surface area contributed by atoms with Gasteiger partial charge in [-0.05, 0) is 25.5 Å². The van der Waals surface area contributed by atoms with E-state index in [4.69, 9.17) is 0 Å². The van der Waals surface area contributed by atoms with E-state index in [0.29, 0.717) is 24.4 Å². The number of aromatic nitrogens is 2. The summed E-state index contributed by atoms with van der Waals surface area (Å²) in [4.78, 5) is 18.7. The third-order valence-corrected chi connectivity index (χ3v) is 5.54. The van der Waals surface area contributed by atoms with Crippen LogP contribution in [-0.2, 0) is 9.84 Å². The Hall–Kier alpha value is -1.89. The number of amides is 1. The molecular weight excluding hydrogens is 290 g/mol. The van der Waals surface area contributed by atoms with Crippen LogP contribution in [-0.4, -0.2) is 53.2 Å². The molecule has 0 aliphatic carbocycles. The molecule has 0 radical (unpaired) electrons. The number of hydrogen-bond acceptors (Lipinski definition) is 4. The average molecular weight is 307 g/mol. The first kappa shape index (κ1) is 14.1. The number of fused-ring (bicyclic) bond motifs is 1. The fraction of sp³-hybridized carbons (Fsp3) is 0.429. The average Bonchev–Trinajstić information content (AvgIpc) is 3.00. The summed E-state index contributed by atoms with van der Waals surface area (Å²) >= 11 is 0. The molecule has 1 aliphatic rings. The number of nitrogens with zero attached hydrogens (tertiary/aromatic N) is 3. The third-order valence-electron chi connectivity index (χ3n) is 3.94. The van der Waals surface area contributed by atoms with Crippen LogP contribution in [0.2, 0.25) is 0 Å². The van der Waals surface area contributed by atoms with Crippen molar-refractivity contribution in [2.45, 2.75) is 18.6 Å². The van der Waals surface area contributed by atoms with E-state index in [0.717, 1.165) is 5.65 Å². The summed E-state index contributed by atoms with van der Waals surface area (Å²) in [5.74, 6) is -0.155. The minimum Gasteiger partial charge on any atom is -0.336 e. The van der Waals surface area contributed by atoms with Crippen LogP contribution in [0.3, 0.4) is 0 Å². The van der Waals surface area contributed by atoms with Crippen LogP contribution in [0.1, 0.15) is 22.6 Å². The molecule has 0 spiro atoms. The first-order valence-corrected chi connectivity index (χ1v) is 8.75. The molecule has 0 saturated carbocycles. The number of pyridine rings is 1. The largest absolute Gasteiger partial charge is 0.336 e. The quantitative estimate of drug-likeness (QED) is 0.826. The molecule has 0 N–H and O–H groups in total. The van der Waals surface area contributed by atoms with Gasteiger partial charge in [0, 0.05) is 25.5 Å². The summed E-state index contributed by atoms with van der Waals surface area (Å²) in [5.41, 5.74) is 1.89. The van der Waals surface area contributed by atoms with Crippen molar-refractivity contribution in [2.75, 3.05) is 19.3 Å². The second-order valence-electron chi connectivity index (χ2n) is 5.47. The van der Waals surface area contributed by atoms with Crippen LogP contribution >= 0.6 is 0 Å². The Bertz CT molecular complexity index is 810. The highest BCUT2D eigenvalue weighted by atomic mass is 32.2. The Morgan fingerprint density at radius 3 is 2.81 bits per heavy atom. The van der Waals surface area contributed by atoms with E-state index in [1.165, 1.54) is 6.26 Å². The van der Waals surface area contributed by atoms with E-state index >= 15 is 0 Å². The van der Waals surface area contributed by atoms with Crippen molar-refractivity contribution in [3.05, 3.63) is 35.8 Å². The van der Waals surface area contributed by atoms with Crippen molar-refractivity contribution in [1.82, 2.24) is 14.3 Å². The zero-order valence-corrected chi connectivity index (χ0v) is 12.8. The Balaban J connectivity index is 1.94. The number of carbonyl (C=O) groups is 1. The minimum atomic E-state index is -3.11. The number of imidazole rings is 1. The van der Waals surface area contributed by atoms with Gasteiger partial charge in [-0.25, -0.2) is 13.4 Å². The maximum atomic E-state index is 12.7. The van der Waals surface area contributed by atoms with Crippen molar-refractivity contribution >= 4 is 21.4 Å². The number of sulfone groups is 1. The lowest BCUT2D eigenvalue weighted by Crippen LogP contribution is -2.32. The molecule has 1 saturated heterocycles. The number of hydrogen-bond donors (Lipinski definition) is 0. The zero-order chi connectivity index (χ0) is 15.2. The van der Waals surface area contributed by atoms with Gasteiger partial charge in [-0.2, -0.15) is 0 Å². The maximum absolute atomic E-state index is 12.7. The highest BCUT2D eigenvalue weighted by molar-refractivity contribution is 7.91. The summed E-state index contributed by atoms with van der Waals surface area (Å²) in [5, 5.41) is -0.457. The molecular formula is C14H17N3O3S. The lowest BCUT2D eigenvalue weighted by molar-refractivity contribution is 0.0785. The number of aryl methyl sites for hydroxylation is 1. The number of rotatable bonds is 2. The topological polar surface area (TPSA) is 71.8 Å². The van der Waals surface area contributed by atoms with Gasteiger partial charge in [-0.1, -0.05) is 6.07 Å².